The number of aryl methyl sites for hydroxylation is 1. The summed E-state index contributed by atoms with van der Waals surface area (Å²) in [6, 6.07) is 12.1. The van der Waals surface area contributed by atoms with Crippen LogP contribution >= 0.6 is 11.3 Å². The van der Waals surface area contributed by atoms with Gasteiger partial charge in [0.15, 0.2) is 0 Å². The number of carboxylic acids is 2. The molecule has 4 rings (SSSR count). The Balaban J connectivity index is 1.56. The molecule has 0 radical (unpaired) electrons. The zero-order valence-corrected chi connectivity index (χ0v) is 19.1. The average Bonchev–Trinajstić information content (AvgIpc) is 3.23. The Labute approximate surface area is 198 Å². The molecule has 10 nitrogen and oxygen atoms in total. The largest absolute Gasteiger partial charge is 0.478 e. The molecule has 0 saturated heterocycles. The van der Waals surface area contributed by atoms with E-state index >= 15 is 0 Å². The summed E-state index contributed by atoms with van der Waals surface area (Å²) in [5.41, 5.74) is 1.01. The summed E-state index contributed by atoms with van der Waals surface area (Å²) in [5, 5.41) is 24.4. The lowest BCUT2D eigenvalue weighted by Gasteiger charge is -2.30. The van der Waals surface area contributed by atoms with Crippen molar-refractivity contribution in [2.45, 2.75) is 17.7 Å². The molecule has 176 valence electrons. The van der Waals surface area contributed by atoms with E-state index in [2.05, 4.69) is 10.6 Å². The van der Waals surface area contributed by atoms with Gasteiger partial charge in [-0.05, 0) is 42.7 Å². The molecule has 1 aliphatic heterocycles. The molecule has 12 heteroatoms. The molecule has 3 aromatic rings. The van der Waals surface area contributed by atoms with E-state index in [1.54, 1.807) is 12.1 Å². The first kappa shape index (κ1) is 23.3. The van der Waals surface area contributed by atoms with Crippen molar-refractivity contribution in [3.63, 3.8) is 0 Å². The second-order valence-corrected chi connectivity index (χ2v) is 10.1. The number of carboxylic acid groups (broad SMARTS) is 2. The third-order valence-corrected chi connectivity index (χ3v) is 7.97. The van der Waals surface area contributed by atoms with E-state index in [1.165, 1.54) is 34.0 Å². The van der Waals surface area contributed by atoms with Gasteiger partial charge < -0.3 is 20.8 Å². The van der Waals surface area contributed by atoms with E-state index in [0.29, 0.717) is 30.0 Å². The van der Waals surface area contributed by atoms with Crippen LogP contribution in [0, 0.1) is 0 Å². The van der Waals surface area contributed by atoms with Crippen LogP contribution in [0.15, 0.2) is 58.8 Å². The van der Waals surface area contributed by atoms with Crippen LogP contribution in [0.2, 0.25) is 0 Å². The number of rotatable bonds is 6. The Morgan fingerprint density at radius 1 is 0.971 bits per heavy atom. The van der Waals surface area contributed by atoms with Crippen molar-refractivity contribution < 1.29 is 33.0 Å². The zero-order valence-electron chi connectivity index (χ0n) is 17.5. The van der Waals surface area contributed by atoms with Crippen molar-refractivity contribution in [1.82, 2.24) is 0 Å². The number of benzene rings is 2. The Bertz CT molecular complexity index is 1400. The minimum Gasteiger partial charge on any atom is -0.478 e. The topological polar surface area (TPSA) is 153 Å². The van der Waals surface area contributed by atoms with Crippen molar-refractivity contribution in [2.24, 2.45) is 0 Å². The van der Waals surface area contributed by atoms with Crippen LogP contribution in [0.5, 0.6) is 0 Å². The number of thiophene rings is 1. The SMILES string of the molecule is O=C(Nc1cccc(S(=O)(=O)N2CCCc3ccccc32)c1)Nc1csc(C(=O)O)c1C(=O)O. The number of urea groups is 1. The molecule has 0 aliphatic carbocycles. The highest BCUT2D eigenvalue weighted by molar-refractivity contribution is 7.92. The number of nitrogens with zero attached hydrogens (tertiary/aromatic N) is 1. The molecular formula is C22H19N3O7S2. The second kappa shape index (κ2) is 9.15. The average molecular weight is 502 g/mol. The van der Waals surface area contributed by atoms with Crippen LogP contribution in [-0.2, 0) is 16.4 Å². The van der Waals surface area contributed by atoms with Crippen molar-refractivity contribution in [2.75, 3.05) is 21.5 Å². The van der Waals surface area contributed by atoms with Gasteiger partial charge in [-0.15, -0.1) is 11.3 Å². The molecule has 0 unspecified atom stereocenters. The highest BCUT2D eigenvalue weighted by Crippen LogP contribution is 2.32. The fourth-order valence-electron chi connectivity index (χ4n) is 3.71. The molecule has 1 aliphatic rings. The van der Waals surface area contributed by atoms with Gasteiger partial charge in [0.2, 0.25) is 0 Å². The first-order valence-corrected chi connectivity index (χ1v) is 12.4. The second-order valence-electron chi connectivity index (χ2n) is 7.38. The lowest BCUT2D eigenvalue weighted by molar-refractivity contribution is 0.0657. The molecule has 1 aromatic heterocycles. The minimum atomic E-state index is -3.90. The quantitative estimate of drug-likeness (QED) is 0.399. The monoisotopic (exact) mass is 501 g/mol. The van der Waals surface area contributed by atoms with E-state index in [4.69, 9.17) is 5.11 Å². The predicted octanol–water partition coefficient (Wildman–Crippen LogP) is 3.93. The van der Waals surface area contributed by atoms with Gasteiger partial charge in [-0.25, -0.2) is 22.8 Å². The summed E-state index contributed by atoms with van der Waals surface area (Å²) in [5.74, 6) is -2.92. The fraction of sp³-hybridized carbons (Fsp3) is 0.136. The Hall–Kier alpha value is -3.90. The number of aromatic carboxylic acids is 2. The summed E-state index contributed by atoms with van der Waals surface area (Å²) in [4.78, 5) is 34.7. The van der Waals surface area contributed by atoms with Gasteiger partial charge in [-0.1, -0.05) is 24.3 Å². The number of hydrogen-bond acceptors (Lipinski definition) is 6. The first-order valence-electron chi connectivity index (χ1n) is 10.1. The van der Waals surface area contributed by atoms with E-state index in [1.807, 2.05) is 12.1 Å². The molecule has 0 fully saturated rings. The maximum absolute atomic E-state index is 13.3. The van der Waals surface area contributed by atoms with Crippen molar-refractivity contribution in [3.8, 4) is 0 Å². The third kappa shape index (κ3) is 4.45. The predicted molar refractivity (Wildman–Crippen MR) is 127 cm³/mol. The van der Waals surface area contributed by atoms with Gasteiger partial charge in [-0.2, -0.15) is 0 Å². The Morgan fingerprint density at radius 3 is 2.47 bits per heavy atom. The molecule has 2 aromatic carbocycles. The van der Waals surface area contributed by atoms with Crippen LogP contribution in [0.1, 0.15) is 32.0 Å². The summed E-state index contributed by atoms with van der Waals surface area (Å²) >= 11 is 0.669. The normalized spacial score (nSPS) is 13.1. The number of anilines is 3. The van der Waals surface area contributed by atoms with Gasteiger partial charge in [0.25, 0.3) is 10.0 Å². The zero-order chi connectivity index (χ0) is 24.5. The molecule has 0 atom stereocenters. The van der Waals surface area contributed by atoms with Gasteiger partial charge in [0, 0.05) is 17.6 Å². The van der Waals surface area contributed by atoms with Gasteiger partial charge in [0.05, 0.1) is 16.3 Å². The van der Waals surface area contributed by atoms with Gasteiger partial charge in [0.1, 0.15) is 10.4 Å². The summed E-state index contributed by atoms with van der Waals surface area (Å²) in [7, 11) is -3.90. The van der Waals surface area contributed by atoms with Crippen LogP contribution in [0.3, 0.4) is 0 Å². The highest BCUT2D eigenvalue weighted by atomic mass is 32.2. The van der Waals surface area contributed by atoms with Crippen LogP contribution in [0.4, 0.5) is 21.9 Å². The van der Waals surface area contributed by atoms with Crippen LogP contribution in [0.25, 0.3) is 0 Å². The van der Waals surface area contributed by atoms with Crippen LogP contribution in [-0.4, -0.2) is 43.1 Å². The number of hydrogen-bond donors (Lipinski definition) is 4. The van der Waals surface area contributed by atoms with E-state index in [-0.39, 0.29) is 16.3 Å². The molecule has 0 bridgehead atoms. The lowest BCUT2D eigenvalue weighted by atomic mass is 10.0. The maximum Gasteiger partial charge on any atom is 0.346 e. The maximum atomic E-state index is 13.3. The summed E-state index contributed by atoms with van der Waals surface area (Å²) in [6.45, 7) is 0.333. The smallest absolute Gasteiger partial charge is 0.346 e. The first-order chi connectivity index (χ1) is 16.2. The molecule has 2 heterocycles. The van der Waals surface area contributed by atoms with Crippen molar-refractivity contribution in [3.05, 3.63) is 69.9 Å². The molecule has 0 spiro atoms. The molecule has 2 amide bonds. The van der Waals surface area contributed by atoms with Gasteiger partial charge >= 0.3 is 18.0 Å². The van der Waals surface area contributed by atoms with E-state index < -0.39 is 38.4 Å². The highest BCUT2D eigenvalue weighted by Gasteiger charge is 2.29. The van der Waals surface area contributed by atoms with Crippen molar-refractivity contribution >= 4 is 56.4 Å². The van der Waals surface area contributed by atoms with Crippen LogP contribution < -0.4 is 14.9 Å². The third-order valence-electron chi connectivity index (χ3n) is 5.19. The number of fused-ring (bicyclic) bond motifs is 1. The lowest BCUT2D eigenvalue weighted by Crippen LogP contribution is -2.35. The number of para-hydroxylation sites is 1. The fourth-order valence-corrected chi connectivity index (χ4v) is 6.13. The summed E-state index contributed by atoms with van der Waals surface area (Å²) < 4.78 is 28.0. The van der Waals surface area contributed by atoms with E-state index in [0.717, 1.165) is 12.0 Å². The molecule has 34 heavy (non-hydrogen) atoms. The number of nitrogens with one attached hydrogen (secondary N) is 2. The number of sulfonamides is 1. The van der Waals surface area contributed by atoms with Crippen molar-refractivity contribution in [1.29, 1.82) is 0 Å². The number of carbonyl (C=O) groups excluding carboxylic acids is 1. The Kier molecular flexibility index (Phi) is 6.26. The number of carbonyl (C=O) groups is 3. The number of amides is 2. The van der Waals surface area contributed by atoms with Gasteiger partial charge in [-0.3, -0.25) is 4.31 Å². The standard InChI is InChI=1S/C22H19N3O7S2/c26-20(27)18-16(12-33-19(18)21(28)29)24-22(30)23-14-7-3-8-15(11-14)34(31,32)25-10-4-6-13-5-1-2-9-17(13)25/h1-3,5,7-9,11-12H,4,6,10H2,(H,26,27)(H,28,29)(H2,23,24,30). The minimum absolute atomic E-state index is 0.0167. The summed E-state index contributed by atoms with van der Waals surface area (Å²) in [6.07, 6.45) is 1.47. The molecular weight excluding hydrogens is 482 g/mol. The van der Waals surface area contributed by atoms with E-state index in [9.17, 15) is 27.9 Å². The Morgan fingerprint density at radius 2 is 1.74 bits per heavy atom. The molecule has 0 saturated carbocycles. The molecule has 4 N–H and O–H groups in total.